The summed E-state index contributed by atoms with van der Waals surface area (Å²) in [6.07, 6.45) is 10.0. The summed E-state index contributed by atoms with van der Waals surface area (Å²) in [5, 5.41) is 21.5. The topological polar surface area (TPSA) is 53.0 Å². The molecule has 0 spiro atoms. The number of hydrogen-bond donors (Lipinski definition) is 2. The molecule has 0 aromatic heterocycles. The fourth-order valence-electron chi connectivity index (χ4n) is 4.36. The lowest BCUT2D eigenvalue weighted by Gasteiger charge is -2.36. The Hall–Kier alpha value is -0.380. The van der Waals surface area contributed by atoms with Crippen molar-refractivity contribution in [3.63, 3.8) is 0 Å². The van der Waals surface area contributed by atoms with Crippen molar-refractivity contribution in [3.05, 3.63) is 12.2 Å². The maximum absolute atomic E-state index is 10.9. The summed E-state index contributed by atoms with van der Waals surface area (Å²) >= 11 is 0. The lowest BCUT2D eigenvalue weighted by Crippen LogP contribution is -2.41. The Morgan fingerprint density at radius 3 is 2.45 bits per heavy atom. The molecular weight excluding hydrogens is 252 g/mol. The maximum Gasteiger partial charge on any atom is 0.0923 e. The fraction of sp³-hybridized carbons (Fsp3) is 0.882. The van der Waals surface area contributed by atoms with E-state index in [9.17, 15) is 10.2 Å². The van der Waals surface area contributed by atoms with Crippen molar-refractivity contribution in [2.75, 3.05) is 0 Å². The van der Waals surface area contributed by atoms with Crippen LogP contribution in [-0.4, -0.2) is 33.1 Å². The van der Waals surface area contributed by atoms with E-state index in [2.05, 4.69) is 19.1 Å². The third-order valence-electron chi connectivity index (χ3n) is 6.01. The zero-order valence-electron chi connectivity index (χ0n) is 12.9. The molecule has 114 valence electrons. The SMILES string of the molecule is C[C@@]12CC/C=C\[C@@H]3[C@@H](CC[C@@]3(C)O)[C@](C)(O)CC[C@H]1O2. The van der Waals surface area contributed by atoms with E-state index in [1.54, 1.807) is 0 Å². The molecule has 0 unspecified atom stereocenters. The summed E-state index contributed by atoms with van der Waals surface area (Å²) in [5.41, 5.74) is -1.38. The second-order valence-corrected chi connectivity index (χ2v) is 7.81. The Morgan fingerprint density at radius 2 is 1.70 bits per heavy atom. The van der Waals surface area contributed by atoms with Crippen LogP contribution in [0.25, 0.3) is 0 Å². The monoisotopic (exact) mass is 280 g/mol. The predicted molar refractivity (Wildman–Crippen MR) is 78.3 cm³/mol. The van der Waals surface area contributed by atoms with E-state index in [4.69, 9.17) is 4.74 Å². The van der Waals surface area contributed by atoms with Crippen LogP contribution in [-0.2, 0) is 4.74 Å². The van der Waals surface area contributed by atoms with Crippen molar-refractivity contribution >= 4 is 0 Å². The molecule has 1 saturated heterocycles. The van der Waals surface area contributed by atoms with E-state index in [1.807, 2.05) is 13.8 Å². The van der Waals surface area contributed by atoms with Gasteiger partial charge in [-0.1, -0.05) is 12.2 Å². The van der Waals surface area contributed by atoms with E-state index >= 15 is 0 Å². The summed E-state index contributed by atoms with van der Waals surface area (Å²) in [5.74, 6) is 0.220. The van der Waals surface area contributed by atoms with Gasteiger partial charge >= 0.3 is 0 Å². The molecule has 2 N–H and O–H groups in total. The molecule has 0 bridgehead atoms. The number of ether oxygens (including phenoxy) is 1. The minimum Gasteiger partial charge on any atom is -0.390 e. The molecule has 3 heteroatoms. The van der Waals surface area contributed by atoms with E-state index in [-0.39, 0.29) is 17.4 Å². The molecule has 0 amide bonds. The molecule has 20 heavy (non-hydrogen) atoms. The van der Waals surface area contributed by atoms with Crippen LogP contribution in [0.4, 0.5) is 0 Å². The molecule has 0 radical (unpaired) electrons. The van der Waals surface area contributed by atoms with Crippen LogP contribution < -0.4 is 0 Å². The lowest BCUT2D eigenvalue weighted by molar-refractivity contribution is -0.0475. The fourth-order valence-corrected chi connectivity index (χ4v) is 4.36. The van der Waals surface area contributed by atoms with Gasteiger partial charge in [-0.2, -0.15) is 0 Å². The second-order valence-electron chi connectivity index (χ2n) is 7.81. The van der Waals surface area contributed by atoms with Crippen LogP contribution in [0.1, 0.15) is 59.3 Å². The maximum atomic E-state index is 10.9. The average Bonchev–Trinajstić information content (AvgIpc) is 2.88. The first kappa shape index (κ1) is 14.6. The first-order valence-corrected chi connectivity index (χ1v) is 8.04. The van der Waals surface area contributed by atoms with E-state index < -0.39 is 11.2 Å². The summed E-state index contributed by atoms with van der Waals surface area (Å²) in [6.45, 7) is 6.03. The normalized spacial score (nSPS) is 57.4. The highest BCUT2D eigenvalue weighted by molar-refractivity contribution is 5.11. The molecule has 1 saturated carbocycles. The van der Waals surface area contributed by atoms with Crippen LogP contribution in [0.15, 0.2) is 12.2 Å². The Balaban J connectivity index is 1.84. The lowest BCUT2D eigenvalue weighted by atomic mass is 9.75. The van der Waals surface area contributed by atoms with Gasteiger partial charge in [0.2, 0.25) is 0 Å². The molecule has 1 heterocycles. The second kappa shape index (κ2) is 4.56. The van der Waals surface area contributed by atoms with Crippen LogP contribution in [0.5, 0.6) is 0 Å². The first-order valence-electron chi connectivity index (χ1n) is 8.04. The van der Waals surface area contributed by atoms with Crippen LogP contribution in [0.3, 0.4) is 0 Å². The first-order chi connectivity index (χ1) is 9.25. The number of hydrogen-bond acceptors (Lipinski definition) is 3. The smallest absolute Gasteiger partial charge is 0.0923 e. The van der Waals surface area contributed by atoms with Gasteiger partial charge < -0.3 is 14.9 Å². The molecule has 3 aliphatic rings. The van der Waals surface area contributed by atoms with Gasteiger partial charge in [0.05, 0.1) is 22.9 Å². The molecule has 2 aliphatic carbocycles. The van der Waals surface area contributed by atoms with Crippen molar-refractivity contribution < 1.29 is 14.9 Å². The van der Waals surface area contributed by atoms with Crippen LogP contribution in [0, 0.1) is 11.8 Å². The molecular formula is C17H28O3. The summed E-state index contributed by atoms with van der Waals surface area (Å²) < 4.78 is 5.83. The van der Waals surface area contributed by atoms with Crippen molar-refractivity contribution in [2.45, 2.75) is 82.2 Å². The number of fused-ring (bicyclic) bond motifs is 2. The molecule has 0 aromatic rings. The van der Waals surface area contributed by atoms with Gasteiger partial charge in [0, 0.05) is 5.92 Å². The van der Waals surface area contributed by atoms with Crippen molar-refractivity contribution in [1.82, 2.24) is 0 Å². The van der Waals surface area contributed by atoms with Gasteiger partial charge in [0.15, 0.2) is 0 Å². The summed E-state index contributed by atoms with van der Waals surface area (Å²) in [6, 6.07) is 0. The van der Waals surface area contributed by atoms with Gasteiger partial charge in [-0.05, 0) is 65.2 Å². The summed E-state index contributed by atoms with van der Waals surface area (Å²) in [7, 11) is 0. The van der Waals surface area contributed by atoms with Gasteiger partial charge in [-0.25, -0.2) is 0 Å². The highest BCUT2D eigenvalue weighted by atomic mass is 16.6. The Kier molecular flexibility index (Phi) is 3.32. The molecule has 6 atom stereocenters. The third-order valence-corrected chi connectivity index (χ3v) is 6.01. The van der Waals surface area contributed by atoms with Crippen molar-refractivity contribution in [2.24, 2.45) is 11.8 Å². The van der Waals surface area contributed by atoms with Crippen molar-refractivity contribution in [3.8, 4) is 0 Å². The van der Waals surface area contributed by atoms with Gasteiger partial charge in [0.1, 0.15) is 0 Å². The van der Waals surface area contributed by atoms with Crippen LogP contribution in [0.2, 0.25) is 0 Å². The van der Waals surface area contributed by atoms with Crippen molar-refractivity contribution in [1.29, 1.82) is 0 Å². The quantitative estimate of drug-likeness (QED) is 0.530. The van der Waals surface area contributed by atoms with Crippen LogP contribution >= 0.6 is 0 Å². The molecule has 1 aliphatic heterocycles. The van der Waals surface area contributed by atoms with E-state index in [0.29, 0.717) is 6.10 Å². The highest BCUT2D eigenvalue weighted by Gasteiger charge is 2.54. The number of rotatable bonds is 0. The van der Waals surface area contributed by atoms with Gasteiger partial charge in [-0.3, -0.25) is 0 Å². The molecule has 0 aromatic carbocycles. The molecule has 3 rings (SSSR count). The molecule has 2 fully saturated rings. The van der Waals surface area contributed by atoms with Gasteiger partial charge in [-0.15, -0.1) is 0 Å². The number of aliphatic hydroxyl groups is 2. The summed E-state index contributed by atoms with van der Waals surface area (Å²) in [4.78, 5) is 0. The predicted octanol–water partition coefficient (Wildman–Crippen LogP) is 2.80. The number of allylic oxidation sites excluding steroid dienone is 1. The largest absolute Gasteiger partial charge is 0.390 e. The minimum absolute atomic E-state index is 0.0163. The molecule has 3 nitrogen and oxygen atoms in total. The standard InChI is InChI=1S/C17H28O3/c1-15(18)10-7-13-12(15)6-4-5-9-17(3)14(20-17)8-11-16(13,2)19/h4,6,12-14,18-19H,5,7-11H2,1-3H3/b6-4-/t12-,13-,14-,15-,16-,17-/m1/s1. The minimum atomic E-state index is -0.716. The zero-order chi connectivity index (χ0) is 14.6. The number of epoxide rings is 1. The zero-order valence-corrected chi connectivity index (χ0v) is 12.9. The Bertz CT molecular complexity index is 412. The van der Waals surface area contributed by atoms with E-state index in [1.165, 1.54) is 0 Å². The van der Waals surface area contributed by atoms with Gasteiger partial charge in [0.25, 0.3) is 0 Å². The average molecular weight is 280 g/mol. The Labute approximate surface area is 122 Å². The highest BCUT2D eigenvalue weighted by Crippen LogP contribution is 2.50. The Morgan fingerprint density at radius 1 is 1.00 bits per heavy atom. The van der Waals surface area contributed by atoms with E-state index in [0.717, 1.165) is 38.5 Å². The third kappa shape index (κ3) is 2.44.